The maximum atomic E-state index is 14.0. The maximum Gasteiger partial charge on any atom is 0.287 e. The van der Waals surface area contributed by atoms with Crippen LogP contribution in [0.3, 0.4) is 0 Å². The van der Waals surface area contributed by atoms with Gasteiger partial charge >= 0.3 is 0 Å². The molecule has 2 fully saturated rings. The molecule has 0 spiro atoms. The molecule has 2 aliphatic rings. The Morgan fingerprint density at radius 3 is 2.87 bits per heavy atom. The summed E-state index contributed by atoms with van der Waals surface area (Å²) in [6.07, 6.45) is 4.09. The number of benzene rings is 1. The first-order valence-electron chi connectivity index (χ1n) is 7.34. The van der Waals surface area contributed by atoms with Gasteiger partial charge in [-0.2, -0.15) is 4.39 Å². The van der Waals surface area contributed by atoms with E-state index >= 15 is 0 Å². The number of thioether (sulfide) groups is 1. The standard InChI is InChI=1S/C15H12F2N2O3S/c16-11-7(6-20)5-8-13(12(11)17)22-18-14(8)19-9-3-1-2-4-10(9)23-15(19)21/h5-6,9-10H,1-4H2/t9-,10+/m0/s1. The molecule has 1 saturated heterocycles. The molecule has 2 heterocycles. The molecule has 8 heteroatoms. The van der Waals surface area contributed by atoms with Crippen LogP contribution in [0, 0.1) is 11.6 Å². The Morgan fingerprint density at radius 2 is 2.09 bits per heavy atom. The van der Waals surface area contributed by atoms with E-state index in [0.29, 0.717) is 0 Å². The molecule has 5 nitrogen and oxygen atoms in total. The largest absolute Gasteiger partial charge is 0.351 e. The van der Waals surface area contributed by atoms with E-state index in [9.17, 15) is 18.4 Å². The van der Waals surface area contributed by atoms with Crippen LogP contribution in [-0.2, 0) is 0 Å². The molecule has 2 atom stereocenters. The summed E-state index contributed by atoms with van der Waals surface area (Å²) in [7, 11) is 0. The first-order valence-corrected chi connectivity index (χ1v) is 8.22. The van der Waals surface area contributed by atoms with Crippen molar-refractivity contribution in [3.63, 3.8) is 0 Å². The van der Waals surface area contributed by atoms with Crippen molar-refractivity contribution >= 4 is 40.1 Å². The first-order chi connectivity index (χ1) is 11.1. The van der Waals surface area contributed by atoms with Gasteiger partial charge in [0.15, 0.2) is 17.9 Å². The predicted molar refractivity (Wildman–Crippen MR) is 80.8 cm³/mol. The van der Waals surface area contributed by atoms with E-state index in [4.69, 9.17) is 4.52 Å². The van der Waals surface area contributed by atoms with Crippen molar-refractivity contribution in [1.82, 2.24) is 5.16 Å². The lowest BCUT2D eigenvalue weighted by Crippen LogP contribution is -2.38. The third-order valence-corrected chi connectivity index (χ3v) is 5.71. The molecule has 1 amide bonds. The van der Waals surface area contributed by atoms with Gasteiger partial charge in [0, 0.05) is 5.25 Å². The molecular weight excluding hydrogens is 326 g/mol. The fourth-order valence-corrected chi connectivity index (χ4v) is 4.65. The zero-order valence-electron chi connectivity index (χ0n) is 11.9. The number of hydrogen-bond donors (Lipinski definition) is 0. The number of rotatable bonds is 2. The summed E-state index contributed by atoms with van der Waals surface area (Å²) in [6.45, 7) is 0. The van der Waals surface area contributed by atoms with Gasteiger partial charge in [0.2, 0.25) is 11.4 Å². The second-order valence-corrected chi connectivity index (χ2v) is 6.93. The lowest BCUT2D eigenvalue weighted by Gasteiger charge is -2.28. The van der Waals surface area contributed by atoms with Crippen molar-refractivity contribution in [3.8, 4) is 0 Å². The summed E-state index contributed by atoms with van der Waals surface area (Å²) in [5.74, 6) is -2.37. The fourth-order valence-electron chi connectivity index (χ4n) is 3.36. The number of amides is 1. The van der Waals surface area contributed by atoms with Gasteiger partial charge in [-0.15, -0.1) is 0 Å². The summed E-state index contributed by atoms with van der Waals surface area (Å²) >= 11 is 1.25. The van der Waals surface area contributed by atoms with Crippen molar-refractivity contribution < 1.29 is 22.9 Å². The van der Waals surface area contributed by atoms with E-state index in [2.05, 4.69) is 5.16 Å². The van der Waals surface area contributed by atoms with Crippen LogP contribution in [0.2, 0.25) is 0 Å². The van der Waals surface area contributed by atoms with E-state index in [1.165, 1.54) is 22.7 Å². The molecule has 1 aliphatic carbocycles. The highest BCUT2D eigenvalue weighted by Gasteiger charge is 2.44. The van der Waals surface area contributed by atoms with E-state index in [1.54, 1.807) is 0 Å². The molecule has 23 heavy (non-hydrogen) atoms. The minimum Gasteiger partial charge on any atom is -0.351 e. The quantitative estimate of drug-likeness (QED) is 0.777. The summed E-state index contributed by atoms with van der Waals surface area (Å²) < 4.78 is 32.6. The Morgan fingerprint density at radius 1 is 1.30 bits per heavy atom. The van der Waals surface area contributed by atoms with Gasteiger partial charge in [-0.05, 0) is 18.9 Å². The molecule has 0 unspecified atom stereocenters. The van der Waals surface area contributed by atoms with Crippen LogP contribution in [-0.4, -0.2) is 28.0 Å². The number of hydrogen-bond acceptors (Lipinski definition) is 5. The molecule has 1 saturated carbocycles. The van der Waals surface area contributed by atoms with Crippen LogP contribution >= 0.6 is 11.8 Å². The van der Waals surface area contributed by atoms with Gasteiger partial charge in [0.05, 0.1) is 17.0 Å². The zero-order chi connectivity index (χ0) is 16.1. The Kier molecular flexibility index (Phi) is 3.37. The number of aromatic nitrogens is 1. The first kappa shape index (κ1) is 14.6. The van der Waals surface area contributed by atoms with Crippen LogP contribution < -0.4 is 4.90 Å². The van der Waals surface area contributed by atoms with Crippen LogP contribution in [0.15, 0.2) is 10.6 Å². The Labute approximate surface area is 134 Å². The Bertz CT molecular complexity index is 823. The number of anilines is 1. The van der Waals surface area contributed by atoms with Gasteiger partial charge in [-0.3, -0.25) is 14.5 Å². The molecule has 0 N–H and O–H groups in total. The Balaban J connectivity index is 1.87. The summed E-state index contributed by atoms with van der Waals surface area (Å²) in [4.78, 5) is 24.8. The van der Waals surface area contributed by atoms with E-state index in [0.717, 1.165) is 25.7 Å². The third-order valence-electron chi connectivity index (χ3n) is 4.46. The normalized spacial score (nSPS) is 24.3. The number of aldehydes is 1. The molecule has 1 aliphatic heterocycles. The van der Waals surface area contributed by atoms with Gasteiger partial charge in [-0.25, -0.2) is 4.39 Å². The van der Waals surface area contributed by atoms with Crippen LogP contribution in [0.5, 0.6) is 0 Å². The molecule has 2 aromatic rings. The highest BCUT2D eigenvalue weighted by atomic mass is 32.2. The van der Waals surface area contributed by atoms with Crippen molar-refractivity contribution in [3.05, 3.63) is 23.3 Å². The smallest absolute Gasteiger partial charge is 0.287 e. The lowest BCUT2D eigenvalue weighted by atomic mass is 9.94. The van der Waals surface area contributed by atoms with E-state index in [1.807, 2.05) is 0 Å². The summed E-state index contributed by atoms with van der Waals surface area (Å²) in [5, 5.41) is 3.94. The fraction of sp³-hybridized carbons (Fsp3) is 0.400. The van der Waals surface area contributed by atoms with Crippen molar-refractivity contribution in [2.75, 3.05) is 4.90 Å². The predicted octanol–water partition coefficient (Wildman–Crippen LogP) is 3.90. The number of carbonyl (C=O) groups excluding carboxylic acids is 2. The number of halogens is 2. The number of fused-ring (bicyclic) bond motifs is 2. The molecule has 1 aromatic heterocycles. The second-order valence-electron chi connectivity index (χ2n) is 5.74. The molecule has 120 valence electrons. The highest BCUT2D eigenvalue weighted by molar-refractivity contribution is 8.14. The highest BCUT2D eigenvalue weighted by Crippen LogP contribution is 2.44. The molecule has 0 radical (unpaired) electrons. The minimum atomic E-state index is -1.27. The van der Waals surface area contributed by atoms with Crippen molar-refractivity contribution in [1.29, 1.82) is 0 Å². The molecule has 1 aromatic carbocycles. The average Bonchev–Trinajstić information content (AvgIpc) is 3.10. The third kappa shape index (κ3) is 2.08. The van der Waals surface area contributed by atoms with Crippen molar-refractivity contribution in [2.45, 2.75) is 37.0 Å². The lowest BCUT2D eigenvalue weighted by molar-refractivity contribution is 0.111. The average molecular weight is 338 g/mol. The van der Waals surface area contributed by atoms with Crippen molar-refractivity contribution in [2.24, 2.45) is 0 Å². The van der Waals surface area contributed by atoms with Crippen LogP contribution in [0.1, 0.15) is 36.0 Å². The zero-order valence-corrected chi connectivity index (χ0v) is 12.7. The van der Waals surface area contributed by atoms with Gasteiger partial charge in [-0.1, -0.05) is 29.8 Å². The minimum absolute atomic E-state index is 0.0256. The SMILES string of the molecule is O=Cc1cc2c(N3C(=O)S[C@@H]4CCCC[C@@H]43)noc2c(F)c1F. The summed E-state index contributed by atoms with van der Waals surface area (Å²) in [5.41, 5.74) is -0.792. The van der Waals surface area contributed by atoms with E-state index in [-0.39, 0.29) is 39.6 Å². The second kappa shape index (κ2) is 5.30. The van der Waals surface area contributed by atoms with Crippen LogP contribution in [0.4, 0.5) is 19.4 Å². The molecule has 4 rings (SSSR count). The summed E-state index contributed by atoms with van der Waals surface area (Å²) in [6, 6.07) is 1.16. The van der Waals surface area contributed by atoms with Gasteiger partial charge < -0.3 is 4.52 Å². The topological polar surface area (TPSA) is 63.4 Å². The number of nitrogens with zero attached hydrogens (tertiary/aromatic N) is 2. The molecule has 0 bridgehead atoms. The van der Waals surface area contributed by atoms with Gasteiger partial charge in [0.1, 0.15) is 0 Å². The maximum absolute atomic E-state index is 14.0. The monoisotopic (exact) mass is 338 g/mol. The molecular formula is C15H12F2N2O3S. The Hall–Kier alpha value is -1.96. The number of carbonyl (C=O) groups is 2. The van der Waals surface area contributed by atoms with Gasteiger partial charge in [0.25, 0.3) is 5.24 Å². The van der Waals surface area contributed by atoms with E-state index < -0.39 is 17.2 Å². The van der Waals surface area contributed by atoms with Crippen LogP contribution in [0.25, 0.3) is 11.0 Å².